The number of hydrogen-bond donors (Lipinski definition) is 1. The summed E-state index contributed by atoms with van der Waals surface area (Å²) in [6, 6.07) is 3.93. The van der Waals surface area contributed by atoms with Crippen LogP contribution in [-0.2, 0) is 6.42 Å². The molecule has 1 aromatic heterocycles. The minimum Gasteiger partial charge on any atom is -0.383 e. The molecule has 0 fully saturated rings. The first-order chi connectivity index (χ1) is 5.74. The predicted molar refractivity (Wildman–Crippen MR) is 50.5 cm³/mol. The number of nitrogens with zero attached hydrogens (tertiary/aromatic N) is 1. The SMILES string of the molecule is C#CCCc1ccc(C)nc1N. The molecule has 0 unspecified atom stereocenters. The van der Waals surface area contributed by atoms with Crippen LogP contribution >= 0.6 is 0 Å². The molecule has 0 aromatic carbocycles. The third-order valence-electron chi connectivity index (χ3n) is 1.69. The van der Waals surface area contributed by atoms with Crippen LogP contribution < -0.4 is 5.73 Å². The van der Waals surface area contributed by atoms with E-state index >= 15 is 0 Å². The second-order valence-electron chi connectivity index (χ2n) is 2.70. The summed E-state index contributed by atoms with van der Waals surface area (Å²) in [5.74, 6) is 3.18. The zero-order chi connectivity index (χ0) is 8.97. The Kier molecular flexibility index (Phi) is 2.71. The summed E-state index contributed by atoms with van der Waals surface area (Å²) in [7, 11) is 0. The summed E-state index contributed by atoms with van der Waals surface area (Å²) < 4.78 is 0. The van der Waals surface area contributed by atoms with Crippen LogP contribution in [0.3, 0.4) is 0 Å². The van der Waals surface area contributed by atoms with Gasteiger partial charge in [0.15, 0.2) is 0 Å². The van der Waals surface area contributed by atoms with Crippen LogP contribution in [0, 0.1) is 19.3 Å². The Morgan fingerprint density at radius 1 is 1.58 bits per heavy atom. The Hall–Kier alpha value is -1.49. The first-order valence-corrected chi connectivity index (χ1v) is 3.89. The van der Waals surface area contributed by atoms with E-state index in [4.69, 9.17) is 12.2 Å². The van der Waals surface area contributed by atoms with Crippen molar-refractivity contribution >= 4 is 5.82 Å². The van der Waals surface area contributed by atoms with Gasteiger partial charge in [0.05, 0.1) is 0 Å². The van der Waals surface area contributed by atoms with Gasteiger partial charge < -0.3 is 5.73 Å². The van der Waals surface area contributed by atoms with Gasteiger partial charge in [0, 0.05) is 12.1 Å². The van der Waals surface area contributed by atoms with Gasteiger partial charge in [-0.1, -0.05) is 6.07 Å². The molecule has 2 N–H and O–H groups in total. The number of hydrogen-bond acceptors (Lipinski definition) is 2. The van der Waals surface area contributed by atoms with Gasteiger partial charge in [-0.25, -0.2) is 4.98 Å². The molecular formula is C10H12N2. The zero-order valence-corrected chi connectivity index (χ0v) is 7.17. The molecule has 0 saturated carbocycles. The van der Waals surface area contributed by atoms with Crippen LogP contribution in [0.5, 0.6) is 0 Å². The Morgan fingerprint density at radius 2 is 2.33 bits per heavy atom. The molecule has 0 aliphatic heterocycles. The number of rotatable bonds is 2. The Bertz CT molecular complexity index is 310. The number of nitrogens with two attached hydrogens (primary N) is 1. The second-order valence-corrected chi connectivity index (χ2v) is 2.70. The maximum absolute atomic E-state index is 5.68. The molecule has 2 heteroatoms. The van der Waals surface area contributed by atoms with Gasteiger partial charge in [-0.05, 0) is 25.0 Å². The maximum Gasteiger partial charge on any atom is 0.126 e. The number of pyridine rings is 1. The van der Waals surface area contributed by atoms with Gasteiger partial charge in [0.2, 0.25) is 0 Å². The van der Waals surface area contributed by atoms with Crippen LogP contribution in [0.1, 0.15) is 17.7 Å². The molecule has 0 spiro atoms. The summed E-state index contributed by atoms with van der Waals surface area (Å²) in [6.07, 6.45) is 6.68. The zero-order valence-electron chi connectivity index (χ0n) is 7.17. The lowest BCUT2D eigenvalue weighted by molar-refractivity contribution is 1.01. The molecule has 0 aliphatic carbocycles. The smallest absolute Gasteiger partial charge is 0.126 e. The normalized spacial score (nSPS) is 9.33. The number of nitrogen functional groups attached to an aromatic ring is 1. The molecule has 0 amide bonds. The average Bonchev–Trinajstić information content (AvgIpc) is 2.03. The van der Waals surface area contributed by atoms with E-state index in [9.17, 15) is 0 Å². The summed E-state index contributed by atoms with van der Waals surface area (Å²) in [4.78, 5) is 4.14. The van der Waals surface area contributed by atoms with E-state index in [1.807, 2.05) is 19.1 Å². The van der Waals surface area contributed by atoms with Crippen molar-refractivity contribution in [3.63, 3.8) is 0 Å². The molecule has 1 heterocycles. The maximum atomic E-state index is 5.68. The van der Waals surface area contributed by atoms with Crippen molar-refractivity contribution < 1.29 is 0 Å². The standard InChI is InChI=1S/C10H12N2/c1-3-4-5-9-7-6-8(2)12-10(9)11/h1,6-7H,4-5H2,2H3,(H2,11,12). The van der Waals surface area contributed by atoms with Crippen molar-refractivity contribution in [2.75, 3.05) is 5.73 Å². The minimum absolute atomic E-state index is 0.602. The molecule has 1 aromatic rings. The fraction of sp³-hybridized carbons (Fsp3) is 0.300. The van der Waals surface area contributed by atoms with E-state index in [2.05, 4.69) is 10.9 Å². The molecule has 12 heavy (non-hydrogen) atoms. The first kappa shape index (κ1) is 8.61. The topological polar surface area (TPSA) is 38.9 Å². The summed E-state index contributed by atoms with van der Waals surface area (Å²) in [5, 5.41) is 0. The lowest BCUT2D eigenvalue weighted by Gasteiger charge is -2.02. The minimum atomic E-state index is 0.602. The average molecular weight is 160 g/mol. The lowest BCUT2D eigenvalue weighted by Crippen LogP contribution is -1.98. The molecule has 62 valence electrons. The highest BCUT2D eigenvalue weighted by atomic mass is 14.8. The number of aromatic nitrogens is 1. The summed E-state index contributed by atoms with van der Waals surface area (Å²) in [6.45, 7) is 1.92. The Morgan fingerprint density at radius 3 is 2.92 bits per heavy atom. The van der Waals surface area contributed by atoms with Crippen LogP contribution in [0.15, 0.2) is 12.1 Å². The summed E-state index contributed by atoms with van der Waals surface area (Å²) in [5.41, 5.74) is 7.66. The second kappa shape index (κ2) is 3.77. The highest BCUT2D eigenvalue weighted by molar-refractivity contribution is 5.40. The molecule has 1 rings (SSSR count). The molecule has 0 bridgehead atoms. The van der Waals surface area contributed by atoms with Crippen molar-refractivity contribution in [1.82, 2.24) is 4.98 Å². The van der Waals surface area contributed by atoms with Crippen LogP contribution in [0.4, 0.5) is 5.82 Å². The molecular weight excluding hydrogens is 148 g/mol. The number of aryl methyl sites for hydroxylation is 2. The fourth-order valence-electron chi connectivity index (χ4n) is 1.02. The van der Waals surface area contributed by atoms with Crippen molar-refractivity contribution in [3.05, 3.63) is 23.4 Å². The molecule has 0 saturated heterocycles. The van der Waals surface area contributed by atoms with Crippen molar-refractivity contribution in [3.8, 4) is 12.3 Å². The van der Waals surface area contributed by atoms with E-state index in [-0.39, 0.29) is 0 Å². The van der Waals surface area contributed by atoms with Crippen molar-refractivity contribution in [2.24, 2.45) is 0 Å². The van der Waals surface area contributed by atoms with Gasteiger partial charge in [0.1, 0.15) is 5.82 Å². The molecule has 0 aliphatic rings. The largest absolute Gasteiger partial charge is 0.383 e. The van der Waals surface area contributed by atoms with Gasteiger partial charge in [0.25, 0.3) is 0 Å². The van der Waals surface area contributed by atoms with E-state index in [0.29, 0.717) is 5.82 Å². The van der Waals surface area contributed by atoms with Crippen LogP contribution in [0.2, 0.25) is 0 Å². The van der Waals surface area contributed by atoms with Gasteiger partial charge >= 0.3 is 0 Å². The molecule has 0 radical (unpaired) electrons. The number of terminal acetylenes is 1. The monoisotopic (exact) mass is 160 g/mol. The third-order valence-corrected chi connectivity index (χ3v) is 1.69. The number of anilines is 1. The van der Waals surface area contributed by atoms with Crippen LogP contribution in [0.25, 0.3) is 0 Å². The van der Waals surface area contributed by atoms with E-state index < -0.39 is 0 Å². The first-order valence-electron chi connectivity index (χ1n) is 3.89. The van der Waals surface area contributed by atoms with Crippen LogP contribution in [-0.4, -0.2) is 4.98 Å². The van der Waals surface area contributed by atoms with Gasteiger partial charge in [-0.15, -0.1) is 12.3 Å². The lowest BCUT2D eigenvalue weighted by atomic mass is 10.1. The third kappa shape index (κ3) is 2.00. The van der Waals surface area contributed by atoms with Crippen molar-refractivity contribution in [2.45, 2.75) is 19.8 Å². The highest BCUT2D eigenvalue weighted by Crippen LogP contribution is 2.11. The Balaban J connectivity index is 2.81. The predicted octanol–water partition coefficient (Wildman–Crippen LogP) is 1.54. The van der Waals surface area contributed by atoms with Gasteiger partial charge in [-0.3, -0.25) is 0 Å². The van der Waals surface area contributed by atoms with E-state index in [1.165, 1.54) is 0 Å². The van der Waals surface area contributed by atoms with Crippen molar-refractivity contribution in [1.29, 1.82) is 0 Å². The van der Waals surface area contributed by atoms with Gasteiger partial charge in [-0.2, -0.15) is 0 Å². The van der Waals surface area contributed by atoms with E-state index in [0.717, 1.165) is 24.1 Å². The molecule has 0 atom stereocenters. The highest BCUT2D eigenvalue weighted by Gasteiger charge is 1.98. The quantitative estimate of drug-likeness (QED) is 0.666. The fourth-order valence-corrected chi connectivity index (χ4v) is 1.02. The molecule has 2 nitrogen and oxygen atoms in total. The Labute approximate surface area is 72.8 Å². The summed E-state index contributed by atoms with van der Waals surface area (Å²) >= 11 is 0. The van der Waals surface area contributed by atoms with E-state index in [1.54, 1.807) is 0 Å².